The standard InChI is InChI=1S/C24H26N4O4/c1-27-12-11-25-21(27)14-28-20(15-29)24(32-16-23(28)31)18-7-9-19(10-8-18)26-22(30)13-17-5-3-2-4-6-17/h2-12,20,24,29H,13-16H2,1H3,(H,26,30)/t20-,24-/m1/s1. The Morgan fingerprint density at radius 2 is 1.94 bits per heavy atom. The minimum absolute atomic E-state index is 0.0683. The third kappa shape index (κ3) is 4.87. The molecule has 2 atom stereocenters. The molecule has 0 aliphatic carbocycles. The number of morpholine rings is 1. The summed E-state index contributed by atoms with van der Waals surface area (Å²) in [6, 6.07) is 16.3. The zero-order chi connectivity index (χ0) is 22.5. The largest absolute Gasteiger partial charge is 0.394 e. The average Bonchev–Trinajstić information content (AvgIpc) is 3.20. The van der Waals surface area contributed by atoms with Gasteiger partial charge in [-0.3, -0.25) is 9.59 Å². The minimum Gasteiger partial charge on any atom is -0.394 e. The minimum atomic E-state index is -0.536. The van der Waals surface area contributed by atoms with Crippen LogP contribution in [0.15, 0.2) is 67.0 Å². The molecule has 1 aliphatic rings. The number of aliphatic hydroxyl groups is 1. The van der Waals surface area contributed by atoms with E-state index in [9.17, 15) is 14.7 Å². The zero-order valence-corrected chi connectivity index (χ0v) is 17.8. The lowest BCUT2D eigenvalue weighted by molar-refractivity contribution is -0.162. The van der Waals surface area contributed by atoms with Gasteiger partial charge >= 0.3 is 0 Å². The lowest BCUT2D eigenvalue weighted by Gasteiger charge is -2.40. The summed E-state index contributed by atoms with van der Waals surface area (Å²) in [5, 5.41) is 13.0. The van der Waals surface area contributed by atoms with E-state index in [4.69, 9.17) is 4.74 Å². The van der Waals surface area contributed by atoms with Crippen LogP contribution >= 0.6 is 0 Å². The molecule has 2 N–H and O–H groups in total. The van der Waals surface area contributed by atoms with Crippen LogP contribution in [0.3, 0.4) is 0 Å². The van der Waals surface area contributed by atoms with Gasteiger partial charge in [-0.05, 0) is 23.3 Å². The van der Waals surface area contributed by atoms with E-state index in [1.54, 1.807) is 23.2 Å². The summed E-state index contributed by atoms with van der Waals surface area (Å²) in [4.78, 5) is 30.7. The van der Waals surface area contributed by atoms with Crippen LogP contribution in [0.5, 0.6) is 0 Å². The first-order chi connectivity index (χ1) is 15.5. The van der Waals surface area contributed by atoms with Gasteiger partial charge in [-0.2, -0.15) is 0 Å². The molecule has 0 saturated carbocycles. The van der Waals surface area contributed by atoms with Crippen molar-refractivity contribution in [3.8, 4) is 0 Å². The number of aliphatic hydroxyl groups excluding tert-OH is 1. The molecule has 0 spiro atoms. The summed E-state index contributed by atoms with van der Waals surface area (Å²) in [6.45, 7) is -0.0153. The lowest BCUT2D eigenvalue weighted by atomic mass is 9.99. The number of carbonyl (C=O) groups is 2. The first-order valence-corrected chi connectivity index (χ1v) is 10.5. The summed E-state index contributed by atoms with van der Waals surface area (Å²) in [5.74, 6) is 0.444. The second kappa shape index (κ2) is 9.76. The maximum absolute atomic E-state index is 12.5. The molecule has 8 heteroatoms. The summed E-state index contributed by atoms with van der Waals surface area (Å²) >= 11 is 0. The van der Waals surface area contributed by atoms with E-state index in [0.29, 0.717) is 18.7 Å². The summed E-state index contributed by atoms with van der Waals surface area (Å²) in [5.41, 5.74) is 2.44. The number of aromatic nitrogens is 2. The Morgan fingerprint density at radius 1 is 1.19 bits per heavy atom. The molecule has 1 fully saturated rings. The number of hydrogen-bond acceptors (Lipinski definition) is 5. The number of ether oxygens (including phenoxy) is 1. The summed E-state index contributed by atoms with van der Waals surface area (Å²) in [6.07, 6.45) is 3.31. The van der Waals surface area contributed by atoms with Crippen LogP contribution in [-0.4, -0.2) is 50.6 Å². The van der Waals surface area contributed by atoms with Gasteiger partial charge in [0.1, 0.15) is 18.5 Å². The number of amides is 2. The predicted octanol–water partition coefficient (Wildman–Crippen LogP) is 2.06. The second-order valence-corrected chi connectivity index (χ2v) is 7.79. The predicted molar refractivity (Wildman–Crippen MR) is 119 cm³/mol. The molecule has 4 rings (SSSR count). The van der Waals surface area contributed by atoms with Crippen LogP contribution in [0, 0.1) is 0 Å². The number of hydrogen-bond donors (Lipinski definition) is 2. The van der Waals surface area contributed by atoms with Crippen LogP contribution in [-0.2, 0) is 34.3 Å². The topological polar surface area (TPSA) is 96.7 Å². The molecular formula is C24H26N4O4. The maximum atomic E-state index is 12.5. The lowest BCUT2D eigenvalue weighted by Crippen LogP contribution is -2.52. The number of nitrogens with zero attached hydrogens (tertiary/aromatic N) is 3. The summed E-state index contributed by atoms with van der Waals surface area (Å²) in [7, 11) is 1.86. The van der Waals surface area contributed by atoms with Crippen molar-refractivity contribution >= 4 is 17.5 Å². The number of anilines is 1. The third-order valence-electron chi connectivity index (χ3n) is 5.61. The van der Waals surface area contributed by atoms with Gasteiger partial charge in [0.2, 0.25) is 11.8 Å². The molecule has 2 aromatic carbocycles. The third-order valence-corrected chi connectivity index (χ3v) is 5.61. The van der Waals surface area contributed by atoms with Crippen molar-refractivity contribution in [2.45, 2.75) is 25.1 Å². The van der Waals surface area contributed by atoms with Crippen LogP contribution in [0.25, 0.3) is 0 Å². The molecule has 0 radical (unpaired) electrons. The second-order valence-electron chi connectivity index (χ2n) is 7.79. The Kier molecular flexibility index (Phi) is 6.63. The number of nitrogens with one attached hydrogen (secondary N) is 1. The molecule has 2 amide bonds. The number of rotatable bonds is 7. The van der Waals surface area contributed by atoms with E-state index >= 15 is 0 Å². The average molecular weight is 434 g/mol. The smallest absolute Gasteiger partial charge is 0.249 e. The number of imidazole rings is 1. The Labute approximate surface area is 186 Å². The Balaban J connectivity index is 1.44. The van der Waals surface area contributed by atoms with Gasteiger partial charge in [0.05, 0.1) is 25.6 Å². The van der Waals surface area contributed by atoms with E-state index < -0.39 is 12.1 Å². The van der Waals surface area contributed by atoms with Crippen molar-refractivity contribution in [1.82, 2.24) is 14.5 Å². The van der Waals surface area contributed by atoms with Crippen molar-refractivity contribution in [3.63, 3.8) is 0 Å². The molecule has 1 aromatic heterocycles. The Hall–Kier alpha value is -3.49. The van der Waals surface area contributed by atoms with E-state index in [0.717, 1.165) is 17.0 Å². The van der Waals surface area contributed by atoms with Crippen molar-refractivity contribution < 1.29 is 19.4 Å². The molecule has 1 aliphatic heterocycles. The molecule has 32 heavy (non-hydrogen) atoms. The van der Waals surface area contributed by atoms with Crippen molar-refractivity contribution in [2.24, 2.45) is 7.05 Å². The highest BCUT2D eigenvalue weighted by Crippen LogP contribution is 2.30. The van der Waals surface area contributed by atoms with E-state index in [2.05, 4.69) is 10.3 Å². The van der Waals surface area contributed by atoms with Crippen molar-refractivity contribution in [1.29, 1.82) is 0 Å². The molecule has 3 aromatic rings. The SMILES string of the molecule is Cn1ccnc1CN1C(=O)CO[C@H](c2ccc(NC(=O)Cc3ccccc3)cc2)[C@H]1CO. The number of benzene rings is 2. The number of carbonyl (C=O) groups excluding carboxylic acids is 2. The Bertz CT molecular complexity index is 1070. The quantitative estimate of drug-likeness (QED) is 0.593. The fraction of sp³-hybridized carbons (Fsp3) is 0.292. The van der Waals surface area contributed by atoms with Gasteiger partial charge in [0, 0.05) is 25.1 Å². The number of aryl methyl sites for hydroxylation is 1. The zero-order valence-electron chi connectivity index (χ0n) is 17.8. The molecular weight excluding hydrogens is 408 g/mol. The van der Waals surface area contributed by atoms with Crippen LogP contribution in [0.1, 0.15) is 23.1 Å². The molecule has 0 bridgehead atoms. The van der Waals surface area contributed by atoms with Gasteiger partial charge in [-0.15, -0.1) is 0 Å². The van der Waals surface area contributed by atoms with Gasteiger partial charge in [-0.25, -0.2) is 4.98 Å². The van der Waals surface area contributed by atoms with Crippen LogP contribution in [0.4, 0.5) is 5.69 Å². The maximum Gasteiger partial charge on any atom is 0.249 e. The molecule has 2 heterocycles. The summed E-state index contributed by atoms with van der Waals surface area (Å²) < 4.78 is 7.64. The van der Waals surface area contributed by atoms with E-state index in [-0.39, 0.29) is 25.0 Å². The van der Waals surface area contributed by atoms with Gasteiger partial charge in [-0.1, -0.05) is 42.5 Å². The van der Waals surface area contributed by atoms with Crippen LogP contribution < -0.4 is 5.32 Å². The van der Waals surface area contributed by atoms with E-state index in [1.165, 1.54) is 0 Å². The molecule has 0 unspecified atom stereocenters. The normalized spacial score (nSPS) is 18.6. The van der Waals surface area contributed by atoms with Gasteiger partial charge in [0.25, 0.3) is 0 Å². The fourth-order valence-corrected chi connectivity index (χ4v) is 3.87. The highest BCUT2D eigenvalue weighted by molar-refractivity contribution is 5.92. The molecule has 1 saturated heterocycles. The van der Waals surface area contributed by atoms with Gasteiger partial charge in [0.15, 0.2) is 0 Å². The van der Waals surface area contributed by atoms with Crippen molar-refractivity contribution in [2.75, 3.05) is 18.5 Å². The monoisotopic (exact) mass is 434 g/mol. The van der Waals surface area contributed by atoms with Gasteiger partial charge < -0.3 is 24.6 Å². The Morgan fingerprint density at radius 3 is 2.59 bits per heavy atom. The van der Waals surface area contributed by atoms with E-state index in [1.807, 2.05) is 60.3 Å². The fourth-order valence-electron chi connectivity index (χ4n) is 3.87. The first-order valence-electron chi connectivity index (χ1n) is 10.5. The highest BCUT2D eigenvalue weighted by atomic mass is 16.5. The van der Waals surface area contributed by atoms with Crippen LogP contribution in [0.2, 0.25) is 0 Å². The van der Waals surface area contributed by atoms with Crippen molar-refractivity contribution in [3.05, 3.63) is 83.9 Å². The molecule has 8 nitrogen and oxygen atoms in total. The molecule has 166 valence electrons. The first kappa shape index (κ1) is 21.7. The highest BCUT2D eigenvalue weighted by Gasteiger charge is 2.37.